The second-order valence-electron chi connectivity index (χ2n) is 10.7. The van der Waals surface area contributed by atoms with E-state index in [0.717, 1.165) is 16.0 Å². The maximum atomic E-state index is 13.7. The predicted molar refractivity (Wildman–Crippen MR) is 166 cm³/mol. The van der Waals surface area contributed by atoms with Crippen LogP contribution in [0.5, 0.6) is 11.5 Å². The van der Waals surface area contributed by atoms with Crippen LogP contribution < -0.4 is 15.1 Å². The number of anilines is 1. The van der Waals surface area contributed by atoms with Crippen LogP contribution in [0.2, 0.25) is 0 Å². The highest BCUT2D eigenvalue weighted by Gasteiger charge is 2.55. The maximum absolute atomic E-state index is 13.7. The number of aliphatic hydroxyl groups excluding tert-OH is 2. The largest absolute Gasteiger partial charge is 0.504 e. The number of fused-ring (bicyclic) bond motifs is 1. The van der Waals surface area contributed by atoms with Gasteiger partial charge in [-0.25, -0.2) is 0 Å². The maximum Gasteiger partial charge on any atom is 0.488 e. The van der Waals surface area contributed by atoms with E-state index in [1.165, 1.54) is 32.4 Å². The minimum atomic E-state index is -1.76. The molecule has 2 aliphatic rings. The standard InChI is InChI=1S/C30H35BINO9/c1-16(9-17-10-23(32)28(36)25(11-17)42-3)7-8-24(35)26-18(15-41-2)12-21-27(22(26)14-34)30(38)33(29(21)37)20-6-4-5-19(13-20)31(39)40/h4-6,9-11,13,21-22,24,27,34-36,39-40H,7-8,12,14-15H2,1-3H3/b16-9+/t21-,22+,24-,27-/m1/s1. The van der Waals surface area contributed by atoms with E-state index >= 15 is 0 Å². The first-order valence-electron chi connectivity index (χ1n) is 13.6. The second-order valence-corrected chi connectivity index (χ2v) is 11.9. The van der Waals surface area contributed by atoms with Crippen LogP contribution in [0.15, 0.2) is 53.1 Å². The van der Waals surface area contributed by atoms with Crippen molar-refractivity contribution >= 4 is 58.7 Å². The molecule has 2 aromatic rings. The molecule has 42 heavy (non-hydrogen) atoms. The molecule has 0 aromatic heterocycles. The molecule has 1 saturated heterocycles. The first kappa shape index (κ1) is 32.2. The zero-order valence-corrected chi connectivity index (χ0v) is 25.8. The van der Waals surface area contributed by atoms with Crippen molar-refractivity contribution in [3.8, 4) is 11.5 Å². The molecule has 0 radical (unpaired) electrons. The number of allylic oxidation sites excluding steroid dienone is 1. The topological polar surface area (TPSA) is 157 Å². The van der Waals surface area contributed by atoms with Gasteiger partial charge in [0, 0.05) is 13.0 Å². The fraction of sp³-hybridized carbons (Fsp3) is 0.400. The normalized spacial score (nSPS) is 21.6. The Bertz CT molecular complexity index is 1410. The van der Waals surface area contributed by atoms with Gasteiger partial charge in [-0.1, -0.05) is 23.8 Å². The lowest BCUT2D eigenvalue weighted by molar-refractivity contribution is -0.123. The molecule has 1 aliphatic heterocycles. The van der Waals surface area contributed by atoms with Gasteiger partial charge in [-0.2, -0.15) is 0 Å². The average molecular weight is 691 g/mol. The molecule has 0 saturated carbocycles. The SMILES string of the molecule is COCC1=C([C@H](O)CC/C(C)=C/c2cc(I)c(O)c(OC)c2)[C@H](CO)[C@@H]2C(=O)N(c3cccc(B(O)O)c3)C(=O)[C@@H]2C1. The third-order valence-corrected chi connectivity index (χ3v) is 8.80. The number of phenolic OH excluding ortho intramolecular Hbond substituents is 1. The zero-order chi connectivity index (χ0) is 30.7. The molecule has 4 atom stereocenters. The fourth-order valence-electron chi connectivity index (χ4n) is 6.05. The summed E-state index contributed by atoms with van der Waals surface area (Å²) in [4.78, 5) is 28.3. The van der Waals surface area contributed by atoms with Gasteiger partial charge in [-0.15, -0.1) is 0 Å². The van der Waals surface area contributed by atoms with Crippen molar-refractivity contribution in [1.29, 1.82) is 0 Å². The highest BCUT2D eigenvalue weighted by molar-refractivity contribution is 14.1. The van der Waals surface area contributed by atoms with Gasteiger partial charge in [-0.3, -0.25) is 14.5 Å². The van der Waals surface area contributed by atoms with E-state index in [9.17, 15) is 35.0 Å². The first-order chi connectivity index (χ1) is 20.0. The summed E-state index contributed by atoms with van der Waals surface area (Å²) >= 11 is 2.03. The Balaban J connectivity index is 1.59. The van der Waals surface area contributed by atoms with E-state index < -0.39 is 49.4 Å². The molecule has 10 nitrogen and oxygen atoms in total. The van der Waals surface area contributed by atoms with E-state index in [-0.39, 0.29) is 29.9 Å². The highest BCUT2D eigenvalue weighted by Crippen LogP contribution is 2.47. The second kappa shape index (κ2) is 13.7. The van der Waals surface area contributed by atoms with E-state index in [4.69, 9.17) is 9.47 Å². The molecule has 224 valence electrons. The van der Waals surface area contributed by atoms with Gasteiger partial charge in [0.25, 0.3) is 0 Å². The Morgan fingerprint density at radius 3 is 2.57 bits per heavy atom. The minimum absolute atomic E-state index is 0.0729. The number of aliphatic hydroxyl groups is 2. The number of methoxy groups -OCH3 is 2. The number of imide groups is 1. The molecule has 2 amide bonds. The van der Waals surface area contributed by atoms with Gasteiger partial charge < -0.3 is 34.8 Å². The van der Waals surface area contributed by atoms with Gasteiger partial charge in [0.1, 0.15) is 0 Å². The van der Waals surface area contributed by atoms with Crippen molar-refractivity contribution in [1.82, 2.24) is 0 Å². The van der Waals surface area contributed by atoms with Gasteiger partial charge in [0.15, 0.2) is 11.5 Å². The number of rotatable bonds is 11. The molecule has 1 heterocycles. The van der Waals surface area contributed by atoms with Crippen LogP contribution in [0.1, 0.15) is 31.7 Å². The minimum Gasteiger partial charge on any atom is -0.504 e. The van der Waals surface area contributed by atoms with Crippen molar-refractivity contribution in [3.05, 3.63) is 62.3 Å². The Morgan fingerprint density at radius 2 is 1.93 bits per heavy atom. The quantitative estimate of drug-likeness (QED) is 0.103. The van der Waals surface area contributed by atoms with Crippen LogP contribution in [0.25, 0.3) is 6.08 Å². The number of ether oxygens (including phenoxy) is 2. The third kappa shape index (κ3) is 6.43. The van der Waals surface area contributed by atoms with Crippen molar-refractivity contribution in [3.63, 3.8) is 0 Å². The number of hydrogen-bond donors (Lipinski definition) is 5. The van der Waals surface area contributed by atoms with E-state index in [0.29, 0.717) is 33.3 Å². The summed E-state index contributed by atoms with van der Waals surface area (Å²) in [6.45, 7) is 1.63. The Labute approximate surface area is 258 Å². The number of phenols is 1. The van der Waals surface area contributed by atoms with Gasteiger partial charge in [0.2, 0.25) is 11.8 Å². The summed E-state index contributed by atoms with van der Waals surface area (Å²) in [5.41, 5.74) is 3.37. The molecular weight excluding hydrogens is 656 g/mol. The summed E-state index contributed by atoms with van der Waals surface area (Å²) in [5, 5.41) is 51.2. The van der Waals surface area contributed by atoms with Crippen LogP contribution in [0.3, 0.4) is 0 Å². The van der Waals surface area contributed by atoms with E-state index in [1.807, 2.05) is 41.7 Å². The number of carbonyl (C=O) groups is 2. The molecule has 4 rings (SSSR count). The van der Waals surface area contributed by atoms with Crippen molar-refractivity contribution in [2.75, 3.05) is 32.3 Å². The fourth-order valence-corrected chi connectivity index (χ4v) is 6.68. The van der Waals surface area contributed by atoms with E-state index in [2.05, 4.69) is 0 Å². The molecule has 2 aromatic carbocycles. The number of benzene rings is 2. The van der Waals surface area contributed by atoms with Crippen molar-refractivity contribution in [2.24, 2.45) is 17.8 Å². The van der Waals surface area contributed by atoms with Gasteiger partial charge in [0.05, 0.1) is 47.5 Å². The third-order valence-electron chi connectivity index (χ3n) is 7.98. The lowest BCUT2D eigenvalue weighted by Crippen LogP contribution is -2.39. The average Bonchev–Trinajstić information content (AvgIpc) is 3.21. The van der Waals surface area contributed by atoms with Crippen molar-refractivity contribution < 1.29 is 44.4 Å². The molecule has 12 heteroatoms. The highest BCUT2D eigenvalue weighted by atomic mass is 127. The van der Waals surface area contributed by atoms with Gasteiger partial charge >= 0.3 is 7.12 Å². The number of hydrogen-bond acceptors (Lipinski definition) is 9. The molecular formula is C30H35BINO9. The summed E-state index contributed by atoms with van der Waals surface area (Å²) in [6, 6.07) is 9.49. The van der Waals surface area contributed by atoms with Crippen molar-refractivity contribution in [2.45, 2.75) is 32.3 Å². The Morgan fingerprint density at radius 1 is 1.19 bits per heavy atom. The summed E-state index contributed by atoms with van der Waals surface area (Å²) in [7, 11) is 1.23. The Hall–Kier alpha value is -2.75. The first-order valence-corrected chi connectivity index (χ1v) is 14.7. The zero-order valence-electron chi connectivity index (χ0n) is 23.7. The summed E-state index contributed by atoms with van der Waals surface area (Å²) in [6.07, 6.45) is 1.97. The molecule has 0 unspecified atom stereocenters. The smallest absolute Gasteiger partial charge is 0.488 e. The number of aromatic hydroxyl groups is 1. The van der Waals surface area contributed by atoms with Gasteiger partial charge in [-0.05, 0) is 95.2 Å². The number of nitrogens with zero attached hydrogens (tertiary/aromatic N) is 1. The lowest BCUT2D eigenvalue weighted by atomic mass is 9.68. The molecule has 5 N–H and O–H groups in total. The molecule has 0 bridgehead atoms. The van der Waals surface area contributed by atoms with Crippen LogP contribution in [0.4, 0.5) is 5.69 Å². The predicted octanol–water partition coefficient (Wildman–Crippen LogP) is 1.99. The van der Waals surface area contributed by atoms with E-state index in [1.54, 1.807) is 12.1 Å². The van der Waals surface area contributed by atoms with Crippen LogP contribution in [0, 0.1) is 21.3 Å². The summed E-state index contributed by atoms with van der Waals surface area (Å²) in [5.74, 6) is -2.91. The van der Waals surface area contributed by atoms with Crippen LogP contribution >= 0.6 is 22.6 Å². The summed E-state index contributed by atoms with van der Waals surface area (Å²) < 4.78 is 11.3. The molecule has 1 fully saturated rings. The molecule has 1 aliphatic carbocycles. The lowest BCUT2D eigenvalue weighted by Gasteiger charge is -2.36. The van der Waals surface area contributed by atoms with Crippen LogP contribution in [-0.2, 0) is 14.3 Å². The number of halogens is 1. The monoisotopic (exact) mass is 691 g/mol. The number of carbonyl (C=O) groups excluding carboxylic acids is 2. The molecule has 0 spiro atoms. The van der Waals surface area contributed by atoms with Crippen LogP contribution in [-0.4, -0.2) is 77.8 Å². The Kier molecular flexibility index (Phi) is 10.5. The number of amides is 2.